The van der Waals surface area contributed by atoms with Crippen molar-refractivity contribution in [1.82, 2.24) is 4.98 Å². The predicted octanol–water partition coefficient (Wildman–Crippen LogP) is 5.37. The maximum Gasteiger partial charge on any atom is 0.0799 e. The van der Waals surface area contributed by atoms with Crippen molar-refractivity contribution in [3.05, 3.63) is 47.2 Å². The van der Waals surface area contributed by atoms with E-state index in [9.17, 15) is 0 Å². The second-order valence-corrected chi connectivity index (χ2v) is 13.8. The molecular weight excluding hydrogens is 306 g/mol. The Morgan fingerprint density at radius 1 is 1.00 bits per heavy atom. The maximum absolute atomic E-state index is 4.87. The number of aromatic nitrogens is 1. The molecule has 2 heteroatoms. The molecule has 1 aromatic carbocycles. The van der Waals surface area contributed by atoms with Crippen molar-refractivity contribution in [3.8, 4) is 11.3 Å². The largest absolute Gasteiger partial charge is 0.256 e. The zero-order valence-corrected chi connectivity index (χ0v) is 16.9. The minimum absolute atomic E-state index is 0.680. The molecule has 1 aromatic heterocycles. The van der Waals surface area contributed by atoms with Crippen molar-refractivity contribution in [3.63, 3.8) is 0 Å². The van der Waals surface area contributed by atoms with Gasteiger partial charge < -0.3 is 0 Å². The molecule has 1 heterocycles. The first-order chi connectivity index (χ1) is 11.3. The van der Waals surface area contributed by atoms with Crippen LogP contribution in [-0.2, 0) is 19.3 Å². The van der Waals surface area contributed by atoms with Crippen LogP contribution >= 0.6 is 0 Å². The quantitative estimate of drug-likeness (QED) is 0.683. The first-order valence-corrected chi connectivity index (χ1v) is 13.0. The van der Waals surface area contributed by atoms with Crippen molar-refractivity contribution in [2.75, 3.05) is 0 Å². The zero-order chi connectivity index (χ0) is 17.3. The van der Waals surface area contributed by atoms with Crippen LogP contribution in [0.5, 0.6) is 0 Å². The Morgan fingerprint density at radius 3 is 2.38 bits per heavy atom. The minimum Gasteiger partial charge on any atom is -0.256 e. The summed E-state index contributed by atoms with van der Waals surface area (Å²) in [5.74, 6) is 0.680. The normalized spacial score (nSPS) is 14.8. The highest BCUT2D eigenvalue weighted by Gasteiger charge is 2.22. The Hall–Kier alpha value is -1.41. The first kappa shape index (κ1) is 17.4. The highest BCUT2D eigenvalue weighted by Crippen LogP contribution is 2.27. The molecule has 0 spiro atoms. The van der Waals surface area contributed by atoms with Crippen LogP contribution in [0.1, 0.15) is 43.4 Å². The summed E-state index contributed by atoms with van der Waals surface area (Å²) in [4.78, 5) is 4.87. The van der Waals surface area contributed by atoms with E-state index in [0.29, 0.717) is 5.92 Å². The topological polar surface area (TPSA) is 12.9 Å². The lowest BCUT2D eigenvalue weighted by Gasteiger charge is -2.23. The number of hydrogen-bond acceptors (Lipinski definition) is 1. The van der Waals surface area contributed by atoms with Gasteiger partial charge in [-0.05, 0) is 72.0 Å². The van der Waals surface area contributed by atoms with Crippen molar-refractivity contribution in [1.29, 1.82) is 0 Å². The molecule has 1 nitrogen and oxygen atoms in total. The lowest BCUT2D eigenvalue weighted by molar-refractivity contribution is 0.649. The fourth-order valence-electron chi connectivity index (χ4n) is 3.83. The molecule has 2 aromatic rings. The van der Waals surface area contributed by atoms with Crippen LogP contribution in [-0.4, -0.2) is 13.1 Å². The van der Waals surface area contributed by atoms with Gasteiger partial charge in [-0.1, -0.05) is 45.6 Å². The van der Waals surface area contributed by atoms with Gasteiger partial charge in [-0.3, -0.25) is 4.98 Å². The van der Waals surface area contributed by atoms with Crippen LogP contribution in [0.25, 0.3) is 11.3 Å². The van der Waals surface area contributed by atoms with E-state index >= 15 is 0 Å². The van der Waals surface area contributed by atoms with Crippen LogP contribution < -0.4 is 5.19 Å². The van der Waals surface area contributed by atoms with Crippen LogP contribution in [0, 0.1) is 5.92 Å². The molecule has 3 rings (SSSR count). The lowest BCUT2D eigenvalue weighted by atomic mass is 9.89. The van der Waals surface area contributed by atoms with Crippen molar-refractivity contribution in [2.24, 2.45) is 5.92 Å². The minimum atomic E-state index is -1.35. The van der Waals surface area contributed by atoms with E-state index in [-0.39, 0.29) is 0 Å². The summed E-state index contributed by atoms with van der Waals surface area (Å²) < 4.78 is 0. The van der Waals surface area contributed by atoms with Gasteiger partial charge in [0.1, 0.15) is 0 Å². The van der Waals surface area contributed by atoms with E-state index in [1.54, 1.807) is 11.1 Å². The van der Waals surface area contributed by atoms with Gasteiger partial charge in [0.05, 0.1) is 13.8 Å². The first-order valence-electron chi connectivity index (χ1n) is 9.46. The van der Waals surface area contributed by atoms with Gasteiger partial charge in [0, 0.05) is 11.8 Å². The number of aryl methyl sites for hydroxylation is 2. The predicted molar refractivity (Wildman–Crippen MR) is 108 cm³/mol. The van der Waals surface area contributed by atoms with E-state index in [4.69, 9.17) is 4.98 Å². The number of nitrogens with zero attached hydrogens (tertiary/aromatic N) is 1. The fourth-order valence-corrected chi connectivity index (χ4v) is 5.42. The Morgan fingerprint density at radius 2 is 1.71 bits per heavy atom. The van der Waals surface area contributed by atoms with Crippen molar-refractivity contribution < 1.29 is 0 Å². The summed E-state index contributed by atoms with van der Waals surface area (Å²) in [7, 11) is -1.35. The van der Waals surface area contributed by atoms with Gasteiger partial charge >= 0.3 is 0 Å². The summed E-state index contributed by atoms with van der Waals surface area (Å²) in [5, 5.41) is 1.53. The van der Waals surface area contributed by atoms with Gasteiger partial charge in [-0.2, -0.15) is 0 Å². The summed E-state index contributed by atoms with van der Waals surface area (Å²) in [6, 6.07) is 9.38. The monoisotopic (exact) mass is 337 g/mol. The zero-order valence-electron chi connectivity index (χ0n) is 15.9. The third-order valence-electron chi connectivity index (χ3n) is 5.07. The Labute approximate surface area is 148 Å². The molecule has 0 bridgehead atoms. The molecule has 128 valence electrons. The van der Waals surface area contributed by atoms with E-state index in [2.05, 4.69) is 64.0 Å². The number of rotatable bonds is 4. The van der Waals surface area contributed by atoms with Gasteiger partial charge in [0.2, 0.25) is 0 Å². The van der Waals surface area contributed by atoms with Crippen LogP contribution in [0.4, 0.5) is 0 Å². The Balaban J connectivity index is 2.02. The summed E-state index contributed by atoms with van der Waals surface area (Å²) >= 11 is 0. The molecule has 1 aliphatic rings. The second-order valence-electron chi connectivity index (χ2n) is 8.77. The molecule has 0 unspecified atom stereocenters. The van der Waals surface area contributed by atoms with Crippen molar-refractivity contribution >= 4 is 13.3 Å². The standard InChI is InChI=1S/C22H31NSi/c1-16(2)12-20-14-21(23-15-22(20)24(3,4)5)19-11-10-17-8-6-7-9-18(17)13-19/h10-11,13-16H,6-9,12H2,1-5H3. The Kier molecular flexibility index (Phi) is 4.96. The van der Waals surface area contributed by atoms with Gasteiger partial charge in [0.15, 0.2) is 0 Å². The molecular formula is C22H31NSi. The smallest absolute Gasteiger partial charge is 0.0799 e. The number of hydrogen-bond donors (Lipinski definition) is 0. The van der Waals surface area contributed by atoms with Crippen LogP contribution in [0.15, 0.2) is 30.5 Å². The summed E-state index contributed by atoms with van der Waals surface area (Å²) in [6.07, 6.45) is 8.48. The molecule has 0 radical (unpaired) electrons. The molecule has 0 saturated heterocycles. The van der Waals surface area contributed by atoms with Crippen molar-refractivity contribution in [2.45, 2.75) is 65.6 Å². The fraction of sp³-hybridized carbons (Fsp3) is 0.500. The van der Waals surface area contributed by atoms with E-state index in [1.807, 2.05) is 0 Å². The average molecular weight is 338 g/mol. The SMILES string of the molecule is CC(C)Cc1cc(-c2ccc3c(c2)CCCC3)ncc1[Si](C)(C)C. The van der Waals surface area contributed by atoms with E-state index < -0.39 is 8.07 Å². The van der Waals surface area contributed by atoms with Crippen LogP contribution in [0.2, 0.25) is 19.6 Å². The molecule has 0 N–H and O–H groups in total. The molecule has 0 fully saturated rings. The molecule has 0 saturated carbocycles. The van der Waals surface area contributed by atoms with Gasteiger partial charge in [-0.25, -0.2) is 0 Å². The van der Waals surface area contributed by atoms with Crippen LogP contribution in [0.3, 0.4) is 0 Å². The highest BCUT2D eigenvalue weighted by atomic mass is 28.3. The molecule has 0 aliphatic heterocycles. The Bertz CT molecular complexity index is 725. The van der Waals surface area contributed by atoms with E-state index in [1.165, 1.54) is 42.0 Å². The molecule has 24 heavy (non-hydrogen) atoms. The molecule has 1 aliphatic carbocycles. The lowest BCUT2D eigenvalue weighted by Crippen LogP contribution is -2.40. The van der Waals surface area contributed by atoms with Gasteiger partial charge in [0.25, 0.3) is 0 Å². The molecule has 0 amide bonds. The molecule has 0 atom stereocenters. The number of pyridine rings is 1. The average Bonchev–Trinajstić information content (AvgIpc) is 2.52. The van der Waals surface area contributed by atoms with Gasteiger partial charge in [-0.15, -0.1) is 0 Å². The third-order valence-corrected chi connectivity index (χ3v) is 7.14. The third kappa shape index (κ3) is 3.80. The maximum atomic E-state index is 4.87. The van der Waals surface area contributed by atoms with E-state index in [0.717, 1.165) is 12.1 Å². The highest BCUT2D eigenvalue weighted by molar-refractivity contribution is 6.89. The summed E-state index contributed by atoms with van der Waals surface area (Å²) in [6.45, 7) is 11.9. The summed E-state index contributed by atoms with van der Waals surface area (Å²) in [5.41, 5.74) is 7.06. The number of benzene rings is 1. The number of fused-ring (bicyclic) bond motifs is 1. The second kappa shape index (κ2) is 6.83.